The van der Waals surface area contributed by atoms with Crippen molar-refractivity contribution in [3.05, 3.63) is 0 Å². The summed E-state index contributed by atoms with van der Waals surface area (Å²) in [5.74, 6) is 0.677. The molecule has 0 aromatic heterocycles. The number of nitrogens with one attached hydrogen (secondary N) is 2. The number of alkyl halides is 3. The fraction of sp³-hybridized carbons (Fsp3) is 0.917. The molecule has 2 N–H and O–H groups in total. The Balaban J connectivity index is 2.43. The Kier molecular flexibility index (Phi) is 5.90. The summed E-state index contributed by atoms with van der Waals surface area (Å²) < 4.78 is 36.9. The molecule has 0 radical (unpaired) electrons. The van der Waals surface area contributed by atoms with Gasteiger partial charge in [0.1, 0.15) is 0 Å². The zero-order chi connectivity index (χ0) is 14.5. The molecule has 1 fully saturated rings. The topological polar surface area (TPSA) is 39.7 Å². The number of likely N-dealkylation sites (tertiary alicyclic amines) is 1. The Labute approximate surface area is 112 Å². The van der Waals surface area contributed by atoms with Gasteiger partial charge < -0.3 is 10.6 Å². The number of halogens is 3. The van der Waals surface area contributed by atoms with Gasteiger partial charge in [-0.15, -0.1) is 0 Å². The van der Waals surface area contributed by atoms with E-state index in [1.54, 1.807) is 0 Å². The summed E-state index contributed by atoms with van der Waals surface area (Å²) >= 11 is 0. The van der Waals surface area contributed by atoms with E-state index >= 15 is 0 Å². The molecule has 0 aliphatic carbocycles. The van der Waals surface area contributed by atoms with E-state index in [9.17, 15) is 13.2 Å². The highest BCUT2D eigenvalue weighted by atomic mass is 19.4. The maximum atomic E-state index is 12.3. The number of hydrogen-bond acceptors (Lipinski definition) is 2. The van der Waals surface area contributed by atoms with Crippen LogP contribution >= 0.6 is 0 Å². The van der Waals surface area contributed by atoms with E-state index in [1.807, 2.05) is 20.8 Å². The molecular formula is C12H23F3N4. The first-order valence-electron chi connectivity index (χ1n) is 6.66. The van der Waals surface area contributed by atoms with Crippen LogP contribution in [0.1, 0.15) is 27.2 Å². The van der Waals surface area contributed by atoms with Crippen LogP contribution in [-0.4, -0.2) is 55.3 Å². The predicted molar refractivity (Wildman–Crippen MR) is 70.3 cm³/mol. The van der Waals surface area contributed by atoms with Gasteiger partial charge in [0.25, 0.3) is 0 Å². The molecule has 0 bridgehead atoms. The minimum Gasteiger partial charge on any atom is -0.354 e. The Hall–Kier alpha value is -0.980. The molecule has 0 saturated carbocycles. The molecule has 19 heavy (non-hydrogen) atoms. The zero-order valence-corrected chi connectivity index (χ0v) is 11.7. The monoisotopic (exact) mass is 280 g/mol. The molecule has 1 saturated heterocycles. The first kappa shape index (κ1) is 16.1. The smallest absolute Gasteiger partial charge is 0.354 e. The first-order chi connectivity index (χ1) is 8.80. The number of rotatable bonds is 4. The summed E-state index contributed by atoms with van der Waals surface area (Å²) in [6.07, 6.45) is -3.41. The fourth-order valence-corrected chi connectivity index (χ4v) is 2.11. The highest BCUT2D eigenvalue weighted by molar-refractivity contribution is 5.80. The molecule has 0 aromatic carbocycles. The van der Waals surface area contributed by atoms with Crippen molar-refractivity contribution in [1.82, 2.24) is 15.5 Å². The van der Waals surface area contributed by atoms with Crippen molar-refractivity contribution < 1.29 is 13.2 Å². The van der Waals surface area contributed by atoms with Gasteiger partial charge in [0, 0.05) is 31.7 Å². The Morgan fingerprint density at radius 2 is 2.11 bits per heavy atom. The minimum absolute atomic E-state index is 0.0268. The SMILES string of the molecule is CCN=C(NC(C)C)NC1CCN(CC(F)(F)F)C1. The van der Waals surface area contributed by atoms with Crippen molar-refractivity contribution in [2.24, 2.45) is 4.99 Å². The van der Waals surface area contributed by atoms with Crippen LogP contribution in [0.4, 0.5) is 13.2 Å². The van der Waals surface area contributed by atoms with Crippen LogP contribution in [0, 0.1) is 0 Å². The maximum absolute atomic E-state index is 12.3. The van der Waals surface area contributed by atoms with Gasteiger partial charge in [-0.3, -0.25) is 9.89 Å². The molecule has 1 rings (SSSR count). The predicted octanol–water partition coefficient (Wildman–Crippen LogP) is 1.59. The van der Waals surface area contributed by atoms with Crippen LogP contribution < -0.4 is 10.6 Å². The lowest BCUT2D eigenvalue weighted by atomic mass is 10.3. The first-order valence-corrected chi connectivity index (χ1v) is 6.66. The van der Waals surface area contributed by atoms with Crippen molar-refractivity contribution in [1.29, 1.82) is 0 Å². The second kappa shape index (κ2) is 6.98. The lowest BCUT2D eigenvalue weighted by Gasteiger charge is -2.21. The molecule has 1 unspecified atom stereocenters. The quantitative estimate of drug-likeness (QED) is 0.607. The summed E-state index contributed by atoms with van der Waals surface area (Å²) in [4.78, 5) is 5.71. The average Bonchev–Trinajstić information content (AvgIpc) is 2.61. The molecular weight excluding hydrogens is 257 g/mol. The van der Waals surface area contributed by atoms with E-state index in [0.717, 1.165) is 0 Å². The molecule has 1 aliphatic heterocycles. The summed E-state index contributed by atoms with van der Waals surface area (Å²) in [5, 5.41) is 6.36. The van der Waals surface area contributed by atoms with Crippen LogP contribution in [0.5, 0.6) is 0 Å². The van der Waals surface area contributed by atoms with Crippen molar-refractivity contribution in [2.45, 2.75) is 45.5 Å². The summed E-state index contributed by atoms with van der Waals surface area (Å²) in [6.45, 7) is 6.60. The molecule has 7 heteroatoms. The molecule has 1 aliphatic rings. The molecule has 0 aromatic rings. The molecule has 1 atom stereocenters. The van der Waals surface area contributed by atoms with E-state index in [4.69, 9.17) is 0 Å². The second-order valence-corrected chi connectivity index (χ2v) is 5.10. The van der Waals surface area contributed by atoms with Crippen molar-refractivity contribution in [2.75, 3.05) is 26.2 Å². The van der Waals surface area contributed by atoms with Gasteiger partial charge in [-0.05, 0) is 27.2 Å². The van der Waals surface area contributed by atoms with Crippen molar-refractivity contribution in [3.8, 4) is 0 Å². The Bertz CT molecular complexity index is 302. The van der Waals surface area contributed by atoms with Gasteiger partial charge in [-0.2, -0.15) is 13.2 Å². The summed E-state index contributed by atoms with van der Waals surface area (Å²) in [5.41, 5.74) is 0. The number of hydrogen-bond donors (Lipinski definition) is 2. The van der Waals surface area contributed by atoms with Crippen LogP contribution in [0.3, 0.4) is 0 Å². The largest absolute Gasteiger partial charge is 0.401 e. The Morgan fingerprint density at radius 1 is 1.42 bits per heavy atom. The van der Waals surface area contributed by atoms with Gasteiger partial charge in [0.2, 0.25) is 0 Å². The zero-order valence-electron chi connectivity index (χ0n) is 11.7. The van der Waals surface area contributed by atoms with Crippen LogP contribution in [0.15, 0.2) is 4.99 Å². The van der Waals surface area contributed by atoms with Gasteiger partial charge in [0.05, 0.1) is 6.54 Å². The van der Waals surface area contributed by atoms with E-state index < -0.39 is 12.7 Å². The van der Waals surface area contributed by atoms with Crippen LogP contribution in [0.2, 0.25) is 0 Å². The van der Waals surface area contributed by atoms with Gasteiger partial charge in [-0.1, -0.05) is 0 Å². The molecule has 1 heterocycles. The fourth-order valence-electron chi connectivity index (χ4n) is 2.11. The number of guanidine groups is 1. The van der Waals surface area contributed by atoms with Crippen LogP contribution in [0.25, 0.3) is 0 Å². The van der Waals surface area contributed by atoms with Gasteiger partial charge >= 0.3 is 6.18 Å². The maximum Gasteiger partial charge on any atom is 0.401 e. The third kappa shape index (κ3) is 6.66. The molecule has 112 valence electrons. The Morgan fingerprint density at radius 3 is 2.63 bits per heavy atom. The summed E-state index contributed by atoms with van der Waals surface area (Å²) in [6, 6.07) is 0.268. The highest BCUT2D eigenvalue weighted by Gasteiger charge is 2.34. The van der Waals surface area contributed by atoms with Crippen LogP contribution in [-0.2, 0) is 0 Å². The van der Waals surface area contributed by atoms with E-state index in [2.05, 4.69) is 15.6 Å². The minimum atomic E-state index is -4.12. The van der Waals surface area contributed by atoms with Gasteiger partial charge in [-0.25, -0.2) is 0 Å². The third-order valence-electron chi connectivity index (χ3n) is 2.76. The molecule has 0 spiro atoms. The second-order valence-electron chi connectivity index (χ2n) is 5.10. The van der Waals surface area contributed by atoms with E-state index in [0.29, 0.717) is 32.0 Å². The number of aliphatic imine (C=N–C) groups is 1. The van der Waals surface area contributed by atoms with Gasteiger partial charge in [0.15, 0.2) is 5.96 Å². The number of nitrogens with zero attached hydrogens (tertiary/aromatic N) is 2. The van der Waals surface area contributed by atoms with Crippen molar-refractivity contribution in [3.63, 3.8) is 0 Å². The molecule has 4 nitrogen and oxygen atoms in total. The average molecular weight is 280 g/mol. The summed E-state index contributed by atoms with van der Waals surface area (Å²) in [7, 11) is 0. The third-order valence-corrected chi connectivity index (χ3v) is 2.76. The standard InChI is InChI=1S/C12H23F3N4/c1-4-16-11(17-9(2)3)18-10-5-6-19(7-10)8-12(13,14)15/h9-10H,4-8H2,1-3H3,(H2,16,17,18). The lowest BCUT2D eigenvalue weighted by molar-refractivity contribution is -0.143. The highest BCUT2D eigenvalue weighted by Crippen LogP contribution is 2.19. The van der Waals surface area contributed by atoms with Crippen molar-refractivity contribution >= 4 is 5.96 Å². The van der Waals surface area contributed by atoms with E-state index in [-0.39, 0.29) is 12.1 Å². The lowest BCUT2D eigenvalue weighted by Crippen LogP contribution is -2.47. The van der Waals surface area contributed by atoms with E-state index in [1.165, 1.54) is 4.90 Å². The normalized spacial score (nSPS) is 22.1. The molecule has 0 amide bonds.